The molecule has 0 bridgehead atoms. The van der Waals surface area contributed by atoms with Gasteiger partial charge < -0.3 is 26.2 Å². The van der Waals surface area contributed by atoms with Crippen LogP contribution < -0.4 is 21.3 Å². The molecule has 0 aromatic rings. The van der Waals surface area contributed by atoms with Crippen LogP contribution in [0.5, 0.6) is 0 Å². The van der Waals surface area contributed by atoms with Crippen LogP contribution in [0.25, 0.3) is 0 Å². The van der Waals surface area contributed by atoms with Crippen molar-refractivity contribution < 1.29 is 32.4 Å². The van der Waals surface area contributed by atoms with Gasteiger partial charge in [-0.25, -0.2) is 13.2 Å². The Labute approximate surface area is 314 Å². The molecule has 12 nitrogen and oxygen atoms in total. The van der Waals surface area contributed by atoms with Crippen molar-refractivity contribution in [3.05, 3.63) is 12.7 Å². The number of Topliss-reactive ketones (excluding diaryl/α,β-unsaturated/α-hetero) is 1. The van der Waals surface area contributed by atoms with Crippen LogP contribution in [0.4, 0.5) is 4.79 Å². The number of nitrogens with zero attached hydrogens (tertiary/aromatic N) is 1. The van der Waals surface area contributed by atoms with E-state index in [1.54, 1.807) is 25.7 Å². The van der Waals surface area contributed by atoms with Gasteiger partial charge in [-0.3, -0.25) is 19.2 Å². The number of alkyl halides is 1. The summed E-state index contributed by atoms with van der Waals surface area (Å²) in [4.78, 5) is 70.2. The summed E-state index contributed by atoms with van der Waals surface area (Å²) in [7, 11) is -3.57. The number of nitrogens with one attached hydrogen (secondary N) is 4. The van der Waals surface area contributed by atoms with E-state index in [0.717, 1.165) is 57.8 Å². The van der Waals surface area contributed by atoms with Gasteiger partial charge >= 0.3 is 6.03 Å². The number of amides is 5. The summed E-state index contributed by atoms with van der Waals surface area (Å²) in [5.41, 5.74) is -2.94. The van der Waals surface area contributed by atoms with Crippen LogP contribution >= 0.6 is 11.6 Å². The van der Waals surface area contributed by atoms with Gasteiger partial charge in [-0.1, -0.05) is 64.4 Å². The van der Waals surface area contributed by atoms with Gasteiger partial charge in [0.15, 0.2) is 9.84 Å². The molecule has 6 atom stereocenters. The minimum absolute atomic E-state index is 0.108. The molecular formula is C38H60ClN5O7S. The number of unbranched alkanes of at least 4 members (excludes halogenated alkanes) is 1. The third kappa shape index (κ3) is 7.13. The molecule has 4 unspecified atom stereocenters. The third-order valence-corrected chi connectivity index (χ3v) is 16.4. The van der Waals surface area contributed by atoms with Gasteiger partial charge in [0.2, 0.25) is 17.6 Å². The van der Waals surface area contributed by atoms with Crippen LogP contribution in [0.15, 0.2) is 12.7 Å². The summed E-state index contributed by atoms with van der Waals surface area (Å²) in [6, 6.07) is -2.60. The molecule has 0 aromatic carbocycles. The van der Waals surface area contributed by atoms with Crippen molar-refractivity contribution >= 4 is 51.0 Å². The highest BCUT2D eigenvalue weighted by molar-refractivity contribution is 7.92. The fourth-order valence-corrected chi connectivity index (χ4v) is 11.8. The van der Waals surface area contributed by atoms with Crippen LogP contribution in [0.3, 0.4) is 0 Å². The molecule has 1 heterocycles. The summed E-state index contributed by atoms with van der Waals surface area (Å²) < 4.78 is 25.8. The maximum Gasteiger partial charge on any atom is 0.315 e. The number of piperidine rings is 2. The molecule has 4 N–H and O–H groups in total. The zero-order chi connectivity index (χ0) is 38.3. The molecule has 0 aromatic heterocycles. The Hall–Kier alpha value is -2.67. The van der Waals surface area contributed by atoms with Crippen molar-refractivity contribution in [1.82, 2.24) is 26.2 Å². The summed E-state index contributed by atoms with van der Waals surface area (Å²) >= 11 is 7.02. The molecular weight excluding hydrogens is 706 g/mol. The van der Waals surface area contributed by atoms with Crippen molar-refractivity contribution in [1.29, 1.82) is 0 Å². The van der Waals surface area contributed by atoms with Crippen molar-refractivity contribution in [3.8, 4) is 0 Å². The predicted molar refractivity (Wildman–Crippen MR) is 200 cm³/mol. The van der Waals surface area contributed by atoms with E-state index in [-0.39, 0.29) is 43.0 Å². The lowest BCUT2D eigenvalue weighted by Crippen LogP contribution is -2.64. The minimum Gasteiger partial charge on any atom is -0.346 e. The average Bonchev–Trinajstić information content (AvgIpc) is 3.87. The highest BCUT2D eigenvalue weighted by Gasteiger charge is 2.99. The maximum absolute atomic E-state index is 14.9. The molecule has 4 aliphatic carbocycles. The fraction of sp³-hybridized carbons (Fsp3) is 0.816. The number of ketones is 1. The van der Waals surface area contributed by atoms with E-state index in [0.29, 0.717) is 25.7 Å². The van der Waals surface area contributed by atoms with Crippen LogP contribution in [0.2, 0.25) is 0 Å². The smallest absolute Gasteiger partial charge is 0.315 e. The number of rotatable bonds is 15. The van der Waals surface area contributed by atoms with E-state index in [1.807, 2.05) is 13.8 Å². The van der Waals surface area contributed by atoms with Crippen molar-refractivity contribution in [2.24, 2.45) is 17.3 Å². The Bertz CT molecular complexity index is 1550. The van der Waals surface area contributed by atoms with Gasteiger partial charge in [-0.2, -0.15) is 0 Å². The van der Waals surface area contributed by atoms with Crippen LogP contribution in [-0.2, 0) is 29.0 Å². The van der Waals surface area contributed by atoms with Gasteiger partial charge in [0.1, 0.15) is 11.6 Å². The van der Waals surface area contributed by atoms with Gasteiger partial charge in [0, 0.05) is 24.4 Å². The summed E-state index contributed by atoms with van der Waals surface area (Å²) in [5.74, 6) is -2.94. The minimum atomic E-state index is -3.57. The summed E-state index contributed by atoms with van der Waals surface area (Å²) in [5, 5.41) is 11.4. The molecule has 14 heteroatoms. The average molecular weight is 766 g/mol. The molecule has 5 fully saturated rings. The second kappa shape index (κ2) is 14.9. The number of carbonyl (C=O) groups is 5. The summed E-state index contributed by atoms with van der Waals surface area (Å²) in [6.45, 7) is 12.8. The Morgan fingerprint density at radius 2 is 1.63 bits per heavy atom. The fourth-order valence-electron chi connectivity index (χ4n) is 9.70. The van der Waals surface area contributed by atoms with E-state index in [2.05, 4.69) is 27.8 Å². The van der Waals surface area contributed by atoms with E-state index in [9.17, 15) is 32.4 Å². The number of halogens is 1. The standard InChI is InChI=1S/C38H60ClN5O7S/c1-7-9-18-26(29(45)30(46)40-21-8-2)41-32(48)38-23-37(38)27(35(37,6)39)22-44(38)31(47)28(25-16-12-10-13-17-25)42-33(49)43-36(19-14-11-15-20-36)24-52(50,51)34(3,4)5/h8,25-28H,2,7,9-24H2,1,3-6H3,(H,40,46)(H,41,48)(H2,42,43,49)/t26?,27?,28-,35?,37+,38?/m0/s1. The Morgan fingerprint density at radius 1 is 1.00 bits per heavy atom. The van der Waals surface area contributed by atoms with E-state index >= 15 is 0 Å². The first-order valence-corrected chi connectivity index (χ1v) is 21.4. The molecule has 5 amide bonds. The predicted octanol–water partition coefficient (Wildman–Crippen LogP) is 4.30. The molecule has 5 aliphatic rings. The first-order chi connectivity index (χ1) is 24.3. The van der Waals surface area contributed by atoms with Crippen LogP contribution in [-0.4, -0.2) is 94.5 Å². The Kier molecular flexibility index (Phi) is 11.6. The van der Waals surface area contributed by atoms with Crippen molar-refractivity contribution in [3.63, 3.8) is 0 Å². The maximum atomic E-state index is 14.9. The Morgan fingerprint density at radius 3 is 2.21 bits per heavy atom. The molecule has 52 heavy (non-hydrogen) atoms. The first-order valence-electron chi connectivity index (χ1n) is 19.4. The van der Waals surface area contributed by atoms with Gasteiger partial charge in [-0.15, -0.1) is 18.2 Å². The zero-order valence-electron chi connectivity index (χ0n) is 31.7. The monoisotopic (exact) mass is 765 g/mol. The highest BCUT2D eigenvalue weighted by Crippen LogP contribution is 2.89. The second-order valence-corrected chi connectivity index (χ2v) is 20.8. The van der Waals surface area contributed by atoms with E-state index in [1.165, 1.54) is 6.08 Å². The topological polar surface area (TPSA) is 171 Å². The van der Waals surface area contributed by atoms with Crippen LogP contribution in [0.1, 0.15) is 125 Å². The molecule has 1 saturated heterocycles. The van der Waals surface area contributed by atoms with Crippen molar-refractivity contribution in [2.45, 2.75) is 157 Å². The largest absolute Gasteiger partial charge is 0.346 e. The number of hydrogen-bond acceptors (Lipinski definition) is 7. The molecule has 0 radical (unpaired) electrons. The molecule has 1 spiro atoms. The lowest BCUT2D eigenvalue weighted by atomic mass is 9.82. The summed E-state index contributed by atoms with van der Waals surface area (Å²) in [6.07, 6.45) is 11.3. The lowest BCUT2D eigenvalue weighted by molar-refractivity contribution is -0.146. The van der Waals surface area contributed by atoms with E-state index in [4.69, 9.17) is 11.6 Å². The number of sulfone groups is 1. The lowest BCUT2D eigenvalue weighted by Gasteiger charge is -2.41. The normalized spacial score (nSPS) is 30.5. The quantitative estimate of drug-likeness (QED) is 0.109. The number of likely N-dealkylation sites (tertiary alicyclic amines) is 1. The first kappa shape index (κ1) is 40.5. The number of carbonyl (C=O) groups excluding carboxylic acids is 5. The SMILES string of the molecule is C=CCNC(=O)C(=O)C(CCCC)NC(=O)C12C[C@]13C(CN2C(=O)[C@@H](NC(=O)NC1(CS(=O)(=O)C(C)(C)C)CCCCC1)C1CCCCC1)C3(C)Cl. The van der Waals surface area contributed by atoms with Gasteiger partial charge in [0.05, 0.1) is 27.0 Å². The van der Waals surface area contributed by atoms with Crippen molar-refractivity contribution in [2.75, 3.05) is 18.8 Å². The number of urea groups is 1. The molecule has 292 valence electrons. The van der Waals surface area contributed by atoms with Gasteiger partial charge in [0.25, 0.3) is 5.91 Å². The zero-order valence-corrected chi connectivity index (χ0v) is 33.3. The molecule has 1 aliphatic heterocycles. The highest BCUT2D eigenvalue weighted by atomic mass is 35.5. The number of hydrogen-bond donors (Lipinski definition) is 4. The molecule has 5 rings (SSSR count). The van der Waals surface area contributed by atoms with Crippen LogP contribution in [0, 0.1) is 17.3 Å². The Balaban J connectivity index is 1.41. The van der Waals surface area contributed by atoms with E-state index < -0.39 is 71.7 Å². The van der Waals surface area contributed by atoms with Gasteiger partial charge in [-0.05, 0) is 72.1 Å². The molecule has 4 saturated carbocycles. The third-order valence-electron chi connectivity index (χ3n) is 13.0. The second-order valence-electron chi connectivity index (χ2n) is 17.3.